The molecule has 1 aliphatic rings. The highest BCUT2D eigenvalue weighted by Gasteiger charge is 2.34. The zero-order valence-corrected chi connectivity index (χ0v) is 21.7. The van der Waals surface area contributed by atoms with Crippen LogP contribution in [0, 0.1) is 16.0 Å². The number of amides is 1. The van der Waals surface area contributed by atoms with Crippen LogP contribution in [0.4, 0.5) is 11.4 Å². The maximum absolute atomic E-state index is 13.0. The molecule has 0 aromatic heterocycles. The molecule has 0 radical (unpaired) electrons. The number of hydrogen-bond donors (Lipinski definition) is 1. The first kappa shape index (κ1) is 27.6. The van der Waals surface area contributed by atoms with Crippen LogP contribution < -0.4 is 5.32 Å². The van der Waals surface area contributed by atoms with Gasteiger partial charge in [0, 0.05) is 25.2 Å². The zero-order valence-electron chi connectivity index (χ0n) is 20.1. The van der Waals surface area contributed by atoms with Crippen LogP contribution in [0.15, 0.2) is 47.4 Å². The van der Waals surface area contributed by atoms with E-state index in [-0.39, 0.29) is 47.2 Å². The maximum atomic E-state index is 13.0. The average Bonchev–Trinajstić information content (AvgIpc) is 2.85. The standard InChI is InChI=1S/C24H28ClN3O7S/c1-15(2)17-4-7-20(8-5-17)36(33,34)27-12-10-18(11-13-27)24(30)35-16(3)23(29)26-22-9-6-19(28(31)32)14-21(22)25/h4-9,14-16,18H,10-13H2,1-3H3,(H,26,29)/t16-/m1/s1. The molecule has 1 heterocycles. The van der Waals surface area contributed by atoms with Gasteiger partial charge in [-0.25, -0.2) is 8.42 Å². The molecule has 0 bridgehead atoms. The number of nitro benzene ring substituents is 1. The van der Waals surface area contributed by atoms with E-state index in [0.29, 0.717) is 5.92 Å². The first-order valence-corrected chi connectivity index (χ1v) is 13.3. The molecule has 0 spiro atoms. The van der Waals surface area contributed by atoms with Crippen molar-refractivity contribution in [1.82, 2.24) is 4.31 Å². The third-order valence-electron chi connectivity index (χ3n) is 6.06. The van der Waals surface area contributed by atoms with E-state index in [4.69, 9.17) is 16.3 Å². The Bertz CT molecular complexity index is 1240. The molecule has 1 atom stereocenters. The summed E-state index contributed by atoms with van der Waals surface area (Å²) in [6.07, 6.45) is -0.611. The number of benzene rings is 2. The van der Waals surface area contributed by atoms with Crippen molar-refractivity contribution >= 4 is 44.9 Å². The Labute approximate surface area is 214 Å². The Hall–Kier alpha value is -3.02. The normalized spacial score (nSPS) is 15.9. The Kier molecular flexibility index (Phi) is 8.70. The minimum atomic E-state index is -3.67. The van der Waals surface area contributed by atoms with Crippen molar-refractivity contribution in [3.05, 3.63) is 63.2 Å². The Morgan fingerprint density at radius 3 is 2.25 bits per heavy atom. The fourth-order valence-corrected chi connectivity index (χ4v) is 5.47. The summed E-state index contributed by atoms with van der Waals surface area (Å²) >= 11 is 5.99. The fraction of sp³-hybridized carbons (Fsp3) is 0.417. The number of carbonyl (C=O) groups excluding carboxylic acids is 2. The highest BCUT2D eigenvalue weighted by molar-refractivity contribution is 7.89. The molecule has 1 aliphatic heterocycles. The average molecular weight is 538 g/mol. The van der Waals surface area contributed by atoms with Crippen molar-refractivity contribution in [3.63, 3.8) is 0 Å². The molecule has 0 aliphatic carbocycles. The predicted molar refractivity (Wildman–Crippen MR) is 134 cm³/mol. The van der Waals surface area contributed by atoms with E-state index in [1.54, 1.807) is 24.3 Å². The van der Waals surface area contributed by atoms with Gasteiger partial charge in [0.1, 0.15) is 0 Å². The lowest BCUT2D eigenvalue weighted by Crippen LogP contribution is -2.41. The second-order valence-electron chi connectivity index (χ2n) is 8.89. The Morgan fingerprint density at radius 1 is 1.11 bits per heavy atom. The van der Waals surface area contributed by atoms with Crippen LogP contribution in [0.1, 0.15) is 45.1 Å². The smallest absolute Gasteiger partial charge is 0.309 e. The number of halogens is 1. The van der Waals surface area contributed by atoms with Crippen LogP contribution in [-0.2, 0) is 24.3 Å². The number of carbonyl (C=O) groups is 2. The van der Waals surface area contributed by atoms with Crippen molar-refractivity contribution < 1.29 is 27.7 Å². The van der Waals surface area contributed by atoms with Crippen LogP contribution in [0.25, 0.3) is 0 Å². The van der Waals surface area contributed by atoms with Crippen molar-refractivity contribution in [3.8, 4) is 0 Å². The van der Waals surface area contributed by atoms with Crippen LogP contribution in [0.2, 0.25) is 5.02 Å². The minimum Gasteiger partial charge on any atom is -0.452 e. The second kappa shape index (κ2) is 11.4. The first-order chi connectivity index (χ1) is 16.9. The maximum Gasteiger partial charge on any atom is 0.309 e. The molecule has 0 saturated carbocycles. The second-order valence-corrected chi connectivity index (χ2v) is 11.2. The van der Waals surface area contributed by atoms with E-state index >= 15 is 0 Å². The molecular weight excluding hydrogens is 510 g/mol. The third-order valence-corrected chi connectivity index (χ3v) is 8.28. The van der Waals surface area contributed by atoms with Crippen molar-refractivity contribution in [2.75, 3.05) is 18.4 Å². The summed E-state index contributed by atoms with van der Waals surface area (Å²) in [5.74, 6) is -1.49. The topological polar surface area (TPSA) is 136 Å². The lowest BCUT2D eigenvalue weighted by atomic mass is 9.98. The molecule has 2 aromatic carbocycles. The largest absolute Gasteiger partial charge is 0.452 e. The molecule has 1 fully saturated rings. The molecule has 2 aromatic rings. The molecule has 10 nitrogen and oxygen atoms in total. The van der Waals surface area contributed by atoms with Gasteiger partial charge >= 0.3 is 5.97 Å². The van der Waals surface area contributed by atoms with E-state index in [0.717, 1.165) is 11.6 Å². The van der Waals surface area contributed by atoms with E-state index in [9.17, 15) is 28.1 Å². The lowest BCUT2D eigenvalue weighted by molar-refractivity contribution is -0.384. The van der Waals surface area contributed by atoms with Gasteiger partial charge in [-0.15, -0.1) is 0 Å². The molecule has 1 N–H and O–H groups in total. The monoisotopic (exact) mass is 537 g/mol. The van der Waals surface area contributed by atoms with E-state index in [1.165, 1.54) is 23.4 Å². The van der Waals surface area contributed by atoms with Crippen molar-refractivity contribution in [2.45, 2.75) is 50.5 Å². The summed E-state index contributed by atoms with van der Waals surface area (Å²) < 4.78 is 32.6. The first-order valence-electron chi connectivity index (χ1n) is 11.5. The van der Waals surface area contributed by atoms with Gasteiger partial charge in [-0.05, 0) is 49.4 Å². The van der Waals surface area contributed by atoms with Crippen molar-refractivity contribution in [2.24, 2.45) is 5.92 Å². The Balaban J connectivity index is 1.54. The predicted octanol–water partition coefficient (Wildman–Crippen LogP) is 4.34. The van der Waals surface area contributed by atoms with Gasteiger partial charge in [0.05, 0.1) is 26.4 Å². The molecule has 36 heavy (non-hydrogen) atoms. The molecule has 0 unspecified atom stereocenters. The summed E-state index contributed by atoms with van der Waals surface area (Å²) in [7, 11) is -3.67. The highest BCUT2D eigenvalue weighted by atomic mass is 35.5. The number of ether oxygens (including phenoxy) is 1. The zero-order chi connectivity index (χ0) is 26.6. The summed E-state index contributed by atoms with van der Waals surface area (Å²) in [6.45, 7) is 5.78. The molecule has 12 heteroatoms. The summed E-state index contributed by atoms with van der Waals surface area (Å²) in [4.78, 5) is 35.5. The lowest BCUT2D eigenvalue weighted by Gasteiger charge is -2.30. The van der Waals surface area contributed by atoms with E-state index < -0.39 is 38.8 Å². The van der Waals surface area contributed by atoms with Gasteiger partial charge in [-0.2, -0.15) is 4.31 Å². The number of esters is 1. The van der Waals surface area contributed by atoms with Gasteiger partial charge in [0.15, 0.2) is 6.10 Å². The van der Waals surface area contributed by atoms with E-state index in [2.05, 4.69) is 5.32 Å². The number of nitrogens with zero attached hydrogens (tertiary/aromatic N) is 2. The SMILES string of the molecule is CC(C)c1ccc(S(=O)(=O)N2CCC(C(=O)O[C@H](C)C(=O)Nc3ccc([N+](=O)[O-])cc3Cl)CC2)cc1. The number of sulfonamides is 1. The highest BCUT2D eigenvalue weighted by Crippen LogP contribution is 2.28. The van der Waals surface area contributed by atoms with Gasteiger partial charge in [-0.1, -0.05) is 37.6 Å². The summed E-state index contributed by atoms with van der Waals surface area (Å²) in [5, 5.41) is 13.3. The van der Waals surface area contributed by atoms with Crippen LogP contribution in [0.3, 0.4) is 0 Å². The van der Waals surface area contributed by atoms with E-state index in [1.807, 2.05) is 13.8 Å². The quantitative estimate of drug-likeness (QED) is 0.300. The van der Waals surface area contributed by atoms with Crippen molar-refractivity contribution in [1.29, 1.82) is 0 Å². The van der Waals surface area contributed by atoms with Gasteiger partial charge in [0.2, 0.25) is 10.0 Å². The number of nitrogens with one attached hydrogen (secondary N) is 1. The summed E-state index contributed by atoms with van der Waals surface area (Å²) in [6, 6.07) is 10.4. The molecule has 1 amide bonds. The minimum absolute atomic E-state index is 0.0245. The number of non-ortho nitro benzene ring substituents is 1. The Morgan fingerprint density at radius 2 is 1.72 bits per heavy atom. The molecular formula is C24H28ClN3O7S. The molecule has 194 valence electrons. The third kappa shape index (κ3) is 6.40. The van der Waals surface area contributed by atoms with Gasteiger partial charge in [0.25, 0.3) is 11.6 Å². The van der Waals surface area contributed by atoms with Gasteiger partial charge in [-0.3, -0.25) is 19.7 Å². The van der Waals surface area contributed by atoms with Crippen LogP contribution in [-0.4, -0.2) is 48.7 Å². The number of nitro groups is 1. The summed E-state index contributed by atoms with van der Waals surface area (Å²) in [5.41, 5.74) is 0.970. The molecule has 3 rings (SSSR count). The van der Waals surface area contributed by atoms with Gasteiger partial charge < -0.3 is 10.1 Å². The van der Waals surface area contributed by atoms with Crippen LogP contribution in [0.5, 0.6) is 0 Å². The number of hydrogen-bond acceptors (Lipinski definition) is 7. The number of piperidine rings is 1. The fourth-order valence-electron chi connectivity index (χ4n) is 3.78. The number of anilines is 1. The molecule has 1 saturated heterocycles. The van der Waals surface area contributed by atoms with Crippen LogP contribution >= 0.6 is 11.6 Å². The number of rotatable bonds is 8.